The normalized spacial score (nSPS) is 12.5. The van der Waals surface area contributed by atoms with Crippen molar-refractivity contribution in [3.8, 4) is 22.9 Å². The van der Waals surface area contributed by atoms with Gasteiger partial charge in [0.15, 0.2) is 11.5 Å². The van der Waals surface area contributed by atoms with Crippen molar-refractivity contribution in [2.45, 2.75) is 4.90 Å². The second kappa shape index (κ2) is 13.1. The topological polar surface area (TPSA) is 272 Å². The number of anilines is 6. The van der Waals surface area contributed by atoms with E-state index in [9.17, 15) is 46.3 Å². The van der Waals surface area contributed by atoms with Crippen LogP contribution >= 0.6 is 0 Å². The Bertz CT molecular complexity index is 2760. The van der Waals surface area contributed by atoms with Gasteiger partial charge in [0.2, 0.25) is 11.9 Å². The molecule has 0 fully saturated rings. The number of carboxylic acids is 1. The van der Waals surface area contributed by atoms with Crippen LogP contribution in [0.25, 0.3) is 22.0 Å². The molecule has 7 N–H and O–H groups in total. The Morgan fingerprint density at radius 3 is 2.25 bits per heavy atom. The van der Waals surface area contributed by atoms with Crippen LogP contribution in [-0.2, 0) is 28.5 Å². The summed E-state index contributed by atoms with van der Waals surface area (Å²) in [7, 11) is -3.29. The van der Waals surface area contributed by atoms with Crippen molar-refractivity contribution in [2.24, 2.45) is 7.05 Å². The number of carbonyl (C=O) groups is 2. The lowest BCUT2D eigenvalue weighted by Crippen LogP contribution is -2.21. The van der Waals surface area contributed by atoms with E-state index in [2.05, 4.69) is 30.9 Å². The van der Waals surface area contributed by atoms with Crippen LogP contribution in [-0.4, -0.2) is 63.2 Å². The van der Waals surface area contributed by atoms with E-state index < -0.39 is 44.1 Å². The minimum atomic E-state index is -4.85. The first-order valence-electron chi connectivity index (χ1n) is 15.0. The molecule has 18 nitrogen and oxygen atoms in total. The molecule has 20 heteroatoms. The van der Waals surface area contributed by atoms with Crippen molar-refractivity contribution in [1.82, 2.24) is 19.5 Å². The van der Waals surface area contributed by atoms with Crippen LogP contribution in [0, 0.1) is 0 Å². The van der Waals surface area contributed by atoms with Gasteiger partial charge >= 0.3 is 23.3 Å². The Hall–Kier alpha value is -6.74. The molecule has 1 atom stereocenters. The van der Waals surface area contributed by atoms with E-state index >= 15 is 0 Å². The van der Waals surface area contributed by atoms with Gasteiger partial charge in [0, 0.05) is 29.8 Å². The number of hydrogen-bond donors (Lipinski definition) is 7. The summed E-state index contributed by atoms with van der Waals surface area (Å²) < 4.78 is 61.8. The number of carbonyl (C=O) groups excluding carboxylic acids is 1. The lowest BCUT2D eigenvalue weighted by Gasteiger charge is -2.24. The summed E-state index contributed by atoms with van der Waals surface area (Å²) in [6.45, 7) is 0. The number of fused-ring (bicyclic) bond motifs is 2. The first-order valence-corrected chi connectivity index (χ1v) is 17.5. The molecule has 1 unspecified atom stereocenters. The molecule has 0 bridgehead atoms. The van der Waals surface area contributed by atoms with Crippen molar-refractivity contribution in [1.29, 1.82) is 0 Å². The molecule has 0 saturated carbocycles. The molecular formula is C33H23N7O11S2. The summed E-state index contributed by atoms with van der Waals surface area (Å²) in [5.41, 5.74) is 1.40. The first kappa shape index (κ1) is 34.7. The number of benzene rings is 4. The minimum absolute atomic E-state index is 0.109. The van der Waals surface area contributed by atoms with E-state index in [1.807, 2.05) is 0 Å². The van der Waals surface area contributed by atoms with Crippen molar-refractivity contribution in [2.75, 3.05) is 16.0 Å². The number of nitrogens with zero attached hydrogens (tertiary/aromatic N) is 4. The summed E-state index contributed by atoms with van der Waals surface area (Å²) in [6.07, 6.45) is 0. The van der Waals surface area contributed by atoms with Crippen LogP contribution in [0.4, 0.5) is 34.6 Å². The quantitative estimate of drug-likeness (QED) is 0.0755. The Morgan fingerprint density at radius 2 is 1.55 bits per heavy atom. The third-order valence-electron chi connectivity index (χ3n) is 8.14. The second-order valence-corrected chi connectivity index (χ2v) is 13.4. The highest BCUT2D eigenvalue weighted by atomic mass is 32.2. The van der Waals surface area contributed by atoms with Crippen LogP contribution in [0.3, 0.4) is 0 Å². The third kappa shape index (κ3) is 6.60. The van der Waals surface area contributed by atoms with Crippen LogP contribution in [0.15, 0.2) is 88.6 Å². The zero-order chi connectivity index (χ0) is 37.8. The standard InChI is InChI=1S/C33H23N7O11S2/c1-40-23-9-8-20(28-27(23)19(14-26(40)41)17-4-2-3-5-18(17)29(28)42)35-22-13-16(7-11-25(22)53(48,49)50)34-31-37-32(39-33(45)38-31)36-21-12-15(30(43)44)6-10-24(21)51-52(46)47/h2-14,35H,1H3,(H,43,44)(H,46,47)(H,48,49,50)(H3,34,36,37,38,39,45). The van der Waals surface area contributed by atoms with Crippen LogP contribution in [0.2, 0.25) is 0 Å². The van der Waals surface area contributed by atoms with Crippen LogP contribution < -0.4 is 25.7 Å². The Labute approximate surface area is 300 Å². The molecule has 0 amide bonds. The average molecular weight is 758 g/mol. The second-order valence-electron chi connectivity index (χ2n) is 11.4. The fourth-order valence-corrected chi connectivity index (χ4v) is 6.80. The van der Waals surface area contributed by atoms with Crippen molar-refractivity contribution in [3.63, 3.8) is 0 Å². The van der Waals surface area contributed by atoms with Crippen LogP contribution in [0.5, 0.6) is 11.8 Å². The number of aromatic carboxylic acids is 1. The minimum Gasteiger partial charge on any atom is -0.479 e. The Balaban J connectivity index is 1.28. The zero-order valence-corrected chi connectivity index (χ0v) is 28.4. The fourth-order valence-electron chi connectivity index (χ4n) is 5.87. The number of aryl methyl sites for hydroxylation is 1. The van der Waals surface area contributed by atoms with Gasteiger partial charge in [0.1, 0.15) is 4.90 Å². The van der Waals surface area contributed by atoms with Crippen LogP contribution in [0.1, 0.15) is 26.3 Å². The number of hydrogen-bond acceptors (Lipinski definition) is 14. The molecule has 0 radical (unpaired) electrons. The Morgan fingerprint density at radius 1 is 0.830 bits per heavy atom. The highest BCUT2D eigenvalue weighted by molar-refractivity contribution is 7.86. The average Bonchev–Trinajstić information content (AvgIpc) is 3.09. The summed E-state index contributed by atoms with van der Waals surface area (Å²) in [6, 6.07) is 17.4. The van der Waals surface area contributed by atoms with Gasteiger partial charge in [-0.05, 0) is 59.7 Å². The highest BCUT2D eigenvalue weighted by Gasteiger charge is 2.30. The van der Waals surface area contributed by atoms with E-state index in [0.29, 0.717) is 27.6 Å². The number of pyridine rings is 1. The van der Waals surface area contributed by atoms with Gasteiger partial charge in [-0.3, -0.25) is 18.7 Å². The molecule has 0 aliphatic heterocycles. The van der Waals surface area contributed by atoms with Gasteiger partial charge in [0.05, 0.1) is 33.7 Å². The number of rotatable bonds is 10. The predicted molar refractivity (Wildman–Crippen MR) is 190 cm³/mol. The van der Waals surface area contributed by atoms with E-state index in [1.165, 1.54) is 28.8 Å². The molecule has 2 aromatic heterocycles. The van der Waals surface area contributed by atoms with Gasteiger partial charge in [-0.25, -0.2) is 4.79 Å². The maximum absolute atomic E-state index is 14.0. The summed E-state index contributed by atoms with van der Waals surface area (Å²) in [5, 5.41) is 28.4. The molecule has 4 aromatic carbocycles. The van der Waals surface area contributed by atoms with Gasteiger partial charge in [-0.1, -0.05) is 24.3 Å². The molecular weight excluding hydrogens is 735 g/mol. The maximum Gasteiger partial charge on any atom is 0.357 e. The maximum atomic E-state index is 14.0. The van der Waals surface area contributed by atoms with E-state index in [1.54, 1.807) is 37.4 Å². The molecule has 2 heterocycles. The SMILES string of the molecule is Cn1c(=O)cc2c3c(c(Nc4cc(Nc5nc(O)nc(Nc6cc(C(=O)O)ccc6OS(=O)O)n5)ccc4S(=O)(=O)O)ccc31)C(=O)c1ccccc1-2. The van der Waals surface area contributed by atoms with E-state index in [4.69, 9.17) is 4.18 Å². The summed E-state index contributed by atoms with van der Waals surface area (Å²) in [5.74, 6) is -2.66. The summed E-state index contributed by atoms with van der Waals surface area (Å²) >= 11 is -2.79. The predicted octanol–water partition coefficient (Wildman–Crippen LogP) is 4.33. The molecule has 1 aliphatic rings. The Kier molecular flexibility index (Phi) is 8.58. The molecule has 0 spiro atoms. The lowest BCUT2D eigenvalue weighted by atomic mass is 9.83. The molecule has 7 rings (SSSR count). The van der Waals surface area contributed by atoms with Crippen molar-refractivity contribution in [3.05, 3.63) is 106 Å². The van der Waals surface area contributed by atoms with Gasteiger partial charge in [-0.2, -0.15) is 27.6 Å². The zero-order valence-electron chi connectivity index (χ0n) is 26.8. The largest absolute Gasteiger partial charge is 0.479 e. The molecule has 1 aliphatic carbocycles. The number of ketones is 1. The van der Waals surface area contributed by atoms with Crippen molar-refractivity contribution >= 4 is 78.8 Å². The van der Waals surface area contributed by atoms with Crippen molar-refractivity contribution < 1.29 is 45.7 Å². The van der Waals surface area contributed by atoms with E-state index in [-0.39, 0.29) is 57.1 Å². The number of aromatic hydroxyl groups is 1. The third-order valence-corrected chi connectivity index (χ3v) is 9.38. The van der Waals surface area contributed by atoms with Gasteiger partial charge in [-0.15, -0.1) is 0 Å². The van der Waals surface area contributed by atoms with Gasteiger partial charge in [0.25, 0.3) is 15.7 Å². The highest BCUT2D eigenvalue weighted by Crippen LogP contribution is 2.43. The summed E-state index contributed by atoms with van der Waals surface area (Å²) in [4.78, 5) is 49.5. The molecule has 6 aromatic rings. The lowest BCUT2D eigenvalue weighted by molar-refractivity contribution is 0.0696. The number of aromatic nitrogens is 4. The first-order chi connectivity index (χ1) is 25.2. The molecule has 268 valence electrons. The molecule has 0 saturated heterocycles. The smallest absolute Gasteiger partial charge is 0.357 e. The van der Waals surface area contributed by atoms with Gasteiger partial charge < -0.3 is 34.9 Å². The molecule has 53 heavy (non-hydrogen) atoms. The number of carboxylic acid groups (broad SMARTS) is 1. The van der Waals surface area contributed by atoms with E-state index in [0.717, 1.165) is 24.3 Å². The fraction of sp³-hybridized carbons (Fsp3) is 0.0303. The number of nitrogens with one attached hydrogen (secondary N) is 3. The monoisotopic (exact) mass is 757 g/mol.